The van der Waals surface area contributed by atoms with Gasteiger partial charge in [-0.05, 0) is 67.5 Å². The predicted octanol–water partition coefficient (Wildman–Crippen LogP) is 3.52. The molecular formula is C23H24ClN3O4S. The molecule has 32 heavy (non-hydrogen) atoms. The Morgan fingerprint density at radius 1 is 1.12 bits per heavy atom. The summed E-state index contributed by atoms with van der Waals surface area (Å²) in [5.41, 5.74) is 1.97. The van der Waals surface area contributed by atoms with Crippen LogP contribution in [0, 0.1) is 0 Å². The molecule has 1 heterocycles. The molecule has 2 aromatic rings. The summed E-state index contributed by atoms with van der Waals surface area (Å²) < 4.78 is 4.67. The third-order valence-electron chi connectivity index (χ3n) is 5.24. The summed E-state index contributed by atoms with van der Waals surface area (Å²) in [5, 5.41) is 3.87. The van der Waals surface area contributed by atoms with Gasteiger partial charge in [-0.15, -0.1) is 0 Å². The summed E-state index contributed by atoms with van der Waals surface area (Å²) in [4.78, 5) is 40.5. The number of nitrogens with zero attached hydrogens (tertiary/aromatic N) is 2. The standard InChI is InChI=1S/C23H24ClN3O4S/c1-3-26-21(29)19(27(23(26)32)13-12-15-4-8-17(24)9-5-15)14-20(28)25-18-10-6-16(7-11-18)22(30)31-2/h4-11,19H,3,12-14H2,1-2H3,(H,25,28). The molecule has 1 fully saturated rings. The van der Waals surface area contributed by atoms with E-state index in [1.54, 1.807) is 24.3 Å². The van der Waals surface area contributed by atoms with E-state index in [2.05, 4.69) is 10.1 Å². The highest BCUT2D eigenvalue weighted by atomic mass is 35.5. The average molecular weight is 474 g/mol. The maximum Gasteiger partial charge on any atom is 0.337 e. The van der Waals surface area contributed by atoms with Crippen LogP contribution in [0.1, 0.15) is 29.3 Å². The molecular weight excluding hydrogens is 450 g/mol. The average Bonchev–Trinajstić information content (AvgIpc) is 3.01. The lowest BCUT2D eigenvalue weighted by Crippen LogP contribution is -2.39. The van der Waals surface area contributed by atoms with Crippen molar-refractivity contribution in [1.29, 1.82) is 0 Å². The van der Waals surface area contributed by atoms with E-state index in [1.807, 2.05) is 36.1 Å². The number of nitrogens with one attached hydrogen (secondary N) is 1. The van der Waals surface area contributed by atoms with Gasteiger partial charge in [0.05, 0.1) is 19.1 Å². The number of anilines is 1. The Hall–Kier alpha value is -2.97. The van der Waals surface area contributed by atoms with Gasteiger partial charge in [-0.2, -0.15) is 0 Å². The van der Waals surface area contributed by atoms with Crippen molar-refractivity contribution in [2.75, 3.05) is 25.5 Å². The van der Waals surface area contributed by atoms with Crippen molar-refractivity contribution in [2.24, 2.45) is 0 Å². The summed E-state index contributed by atoms with van der Waals surface area (Å²) >= 11 is 11.5. The number of esters is 1. The molecule has 7 nitrogen and oxygen atoms in total. The van der Waals surface area contributed by atoms with Crippen LogP contribution in [0.25, 0.3) is 0 Å². The van der Waals surface area contributed by atoms with Crippen molar-refractivity contribution in [3.63, 3.8) is 0 Å². The van der Waals surface area contributed by atoms with Crippen molar-refractivity contribution >= 4 is 52.4 Å². The largest absolute Gasteiger partial charge is 0.465 e. The Morgan fingerprint density at radius 2 is 1.78 bits per heavy atom. The van der Waals surface area contributed by atoms with Gasteiger partial charge in [-0.3, -0.25) is 14.5 Å². The van der Waals surface area contributed by atoms with E-state index >= 15 is 0 Å². The first-order valence-corrected chi connectivity index (χ1v) is 11.0. The molecule has 0 bridgehead atoms. The SMILES string of the molecule is CCN1C(=O)C(CC(=O)Nc2ccc(C(=O)OC)cc2)N(CCc2ccc(Cl)cc2)C1=S. The maximum absolute atomic E-state index is 12.9. The summed E-state index contributed by atoms with van der Waals surface area (Å²) in [6.07, 6.45) is 0.629. The lowest BCUT2D eigenvalue weighted by molar-refractivity contribution is -0.130. The van der Waals surface area contributed by atoms with Crippen LogP contribution in [0.15, 0.2) is 48.5 Å². The minimum absolute atomic E-state index is 0.0329. The normalized spacial score (nSPS) is 15.8. The van der Waals surface area contributed by atoms with Crippen molar-refractivity contribution in [3.8, 4) is 0 Å². The second-order valence-electron chi connectivity index (χ2n) is 7.27. The highest BCUT2D eigenvalue weighted by Crippen LogP contribution is 2.22. The maximum atomic E-state index is 12.9. The van der Waals surface area contributed by atoms with E-state index in [0.717, 1.165) is 5.56 Å². The molecule has 0 spiro atoms. The highest BCUT2D eigenvalue weighted by molar-refractivity contribution is 7.80. The zero-order chi connectivity index (χ0) is 23.3. The summed E-state index contributed by atoms with van der Waals surface area (Å²) in [6.45, 7) is 2.81. The van der Waals surface area contributed by atoms with E-state index in [9.17, 15) is 14.4 Å². The number of rotatable bonds is 8. The molecule has 1 atom stereocenters. The molecule has 0 aliphatic carbocycles. The van der Waals surface area contributed by atoms with E-state index in [1.165, 1.54) is 12.0 Å². The molecule has 9 heteroatoms. The van der Waals surface area contributed by atoms with Gasteiger partial charge in [0.15, 0.2) is 5.11 Å². The highest BCUT2D eigenvalue weighted by Gasteiger charge is 2.42. The topological polar surface area (TPSA) is 79.0 Å². The number of carbonyl (C=O) groups is 3. The third kappa shape index (κ3) is 5.44. The number of hydrogen-bond acceptors (Lipinski definition) is 5. The molecule has 3 rings (SSSR count). The quantitative estimate of drug-likeness (QED) is 0.467. The molecule has 1 saturated heterocycles. The van der Waals surface area contributed by atoms with Gasteiger partial charge < -0.3 is 15.0 Å². The van der Waals surface area contributed by atoms with Crippen molar-refractivity contribution < 1.29 is 19.1 Å². The number of methoxy groups -OCH3 is 1. The fourth-order valence-corrected chi connectivity index (χ4v) is 4.10. The number of halogens is 1. The van der Waals surface area contributed by atoms with Crippen molar-refractivity contribution in [1.82, 2.24) is 9.80 Å². The fraction of sp³-hybridized carbons (Fsp3) is 0.304. The van der Waals surface area contributed by atoms with E-state index in [-0.39, 0.29) is 18.2 Å². The first kappa shape index (κ1) is 23.7. The van der Waals surface area contributed by atoms with Crippen LogP contribution in [0.3, 0.4) is 0 Å². The number of amides is 2. The molecule has 2 amide bonds. The van der Waals surface area contributed by atoms with E-state index in [4.69, 9.17) is 23.8 Å². The number of hydrogen-bond donors (Lipinski definition) is 1. The van der Waals surface area contributed by atoms with Gasteiger partial charge in [0, 0.05) is 23.8 Å². The van der Waals surface area contributed by atoms with Crippen LogP contribution in [-0.2, 0) is 20.7 Å². The number of likely N-dealkylation sites (N-methyl/N-ethyl adjacent to an activating group) is 1. The van der Waals surface area contributed by atoms with Crippen LogP contribution >= 0.6 is 23.8 Å². The summed E-state index contributed by atoms with van der Waals surface area (Å²) in [7, 11) is 1.30. The third-order valence-corrected chi connectivity index (χ3v) is 5.95. The number of benzene rings is 2. The van der Waals surface area contributed by atoms with Gasteiger partial charge >= 0.3 is 5.97 Å². The molecule has 1 unspecified atom stereocenters. The van der Waals surface area contributed by atoms with Crippen LogP contribution in [0.4, 0.5) is 5.69 Å². The number of ether oxygens (including phenoxy) is 1. The second-order valence-corrected chi connectivity index (χ2v) is 8.07. The Labute approximate surface area is 197 Å². The van der Waals surface area contributed by atoms with Gasteiger partial charge in [-0.25, -0.2) is 4.79 Å². The monoisotopic (exact) mass is 473 g/mol. The second kappa shape index (κ2) is 10.6. The Bertz CT molecular complexity index is 1010. The lowest BCUT2D eigenvalue weighted by atomic mass is 10.1. The van der Waals surface area contributed by atoms with Crippen LogP contribution in [0.5, 0.6) is 0 Å². The van der Waals surface area contributed by atoms with Gasteiger partial charge in [-0.1, -0.05) is 23.7 Å². The van der Waals surface area contributed by atoms with Gasteiger partial charge in [0.25, 0.3) is 5.91 Å². The minimum Gasteiger partial charge on any atom is -0.465 e. The molecule has 168 valence electrons. The van der Waals surface area contributed by atoms with Gasteiger partial charge in [0.1, 0.15) is 6.04 Å². The Kier molecular flexibility index (Phi) is 7.82. The Balaban J connectivity index is 1.67. The molecule has 1 aliphatic rings. The van der Waals surface area contributed by atoms with E-state index in [0.29, 0.717) is 40.9 Å². The summed E-state index contributed by atoms with van der Waals surface area (Å²) in [6, 6.07) is 13.2. The summed E-state index contributed by atoms with van der Waals surface area (Å²) in [5.74, 6) is -0.944. The van der Waals surface area contributed by atoms with E-state index < -0.39 is 12.0 Å². The Morgan fingerprint density at radius 3 is 2.38 bits per heavy atom. The van der Waals surface area contributed by atoms with Crippen LogP contribution in [0.2, 0.25) is 5.02 Å². The number of carbonyl (C=O) groups excluding carboxylic acids is 3. The smallest absolute Gasteiger partial charge is 0.337 e. The van der Waals surface area contributed by atoms with Crippen molar-refractivity contribution in [3.05, 3.63) is 64.7 Å². The first-order chi connectivity index (χ1) is 15.3. The molecule has 0 aromatic heterocycles. The zero-order valence-electron chi connectivity index (χ0n) is 17.8. The molecule has 2 aromatic carbocycles. The van der Waals surface area contributed by atoms with Crippen molar-refractivity contribution in [2.45, 2.75) is 25.8 Å². The molecule has 1 aliphatic heterocycles. The zero-order valence-corrected chi connectivity index (χ0v) is 19.4. The molecule has 0 saturated carbocycles. The molecule has 0 radical (unpaired) electrons. The number of thiocarbonyl (C=S) groups is 1. The first-order valence-electron chi connectivity index (χ1n) is 10.2. The fourth-order valence-electron chi connectivity index (χ4n) is 3.53. The predicted molar refractivity (Wildman–Crippen MR) is 127 cm³/mol. The van der Waals surface area contributed by atoms with Crippen LogP contribution in [-0.4, -0.2) is 58.9 Å². The van der Waals surface area contributed by atoms with Crippen LogP contribution < -0.4 is 5.32 Å². The minimum atomic E-state index is -0.663. The lowest BCUT2D eigenvalue weighted by Gasteiger charge is -2.23. The molecule has 1 N–H and O–H groups in total. The van der Waals surface area contributed by atoms with Gasteiger partial charge in [0.2, 0.25) is 5.91 Å².